The Morgan fingerprint density at radius 2 is 2.29 bits per heavy atom. The third-order valence-corrected chi connectivity index (χ3v) is 2.89. The average Bonchev–Trinajstić information content (AvgIpc) is 2.47. The highest BCUT2D eigenvalue weighted by Gasteiger charge is 2.03. The molecule has 0 aliphatic rings. The van der Waals surface area contributed by atoms with E-state index in [2.05, 4.69) is 9.69 Å². The van der Waals surface area contributed by atoms with Crippen LogP contribution >= 0.6 is 11.5 Å². The van der Waals surface area contributed by atoms with Gasteiger partial charge in [0.05, 0.1) is 10.4 Å². The highest BCUT2D eigenvalue weighted by Crippen LogP contribution is 2.25. The lowest BCUT2D eigenvalue weighted by Gasteiger charge is -2.01. The second kappa shape index (κ2) is 3.38. The largest absolute Gasteiger partial charge is 0.326 e. The summed E-state index contributed by atoms with van der Waals surface area (Å²) in [5.74, 6) is -0.0507. The zero-order valence-electron chi connectivity index (χ0n) is 8.00. The minimum atomic E-state index is -0.0507. The van der Waals surface area contributed by atoms with Crippen molar-refractivity contribution in [1.82, 2.24) is 4.37 Å². The van der Waals surface area contributed by atoms with Crippen LogP contribution < -0.4 is 5.32 Å². The van der Waals surface area contributed by atoms with Crippen LogP contribution in [0.3, 0.4) is 0 Å². The molecule has 0 saturated carbocycles. The van der Waals surface area contributed by atoms with Crippen LogP contribution in [0.1, 0.15) is 12.6 Å². The summed E-state index contributed by atoms with van der Waals surface area (Å²) in [7, 11) is 0. The third-order valence-electron chi connectivity index (χ3n) is 1.97. The predicted octanol–water partition coefficient (Wildman–Crippen LogP) is 2.56. The van der Waals surface area contributed by atoms with Crippen molar-refractivity contribution in [3.8, 4) is 0 Å². The Kier molecular flexibility index (Phi) is 2.21. The topological polar surface area (TPSA) is 42.0 Å². The van der Waals surface area contributed by atoms with Crippen molar-refractivity contribution < 1.29 is 4.79 Å². The molecule has 0 spiro atoms. The molecular formula is C10H10N2OS. The molecule has 1 heterocycles. The second-order valence-corrected chi connectivity index (χ2v) is 3.97. The van der Waals surface area contributed by atoms with Crippen molar-refractivity contribution in [2.24, 2.45) is 0 Å². The molecule has 0 atom stereocenters. The Hall–Kier alpha value is -1.42. The van der Waals surface area contributed by atoms with Crippen molar-refractivity contribution in [1.29, 1.82) is 0 Å². The van der Waals surface area contributed by atoms with E-state index >= 15 is 0 Å². The van der Waals surface area contributed by atoms with Crippen molar-refractivity contribution >= 4 is 33.2 Å². The lowest BCUT2D eigenvalue weighted by molar-refractivity contribution is -0.114. The van der Waals surface area contributed by atoms with Crippen molar-refractivity contribution in [2.75, 3.05) is 5.32 Å². The van der Waals surface area contributed by atoms with Crippen LogP contribution in [0.2, 0.25) is 0 Å². The molecule has 72 valence electrons. The lowest BCUT2D eigenvalue weighted by Crippen LogP contribution is -2.05. The third kappa shape index (κ3) is 1.61. The number of nitrogens with zero attached hydrogens (tertiary/aromatic N) is 1. The van der Waals surface area contributed by atoms with E-state index in [1.54, 1.807) is 0 Å². The van der Waals surface area contributed by atoms with E-state index < -0.39 is 0 Å². The minimum Gasteiger partial charge on any atom is -0.326 e. The van der Waals surface area contributed by atoms with Gasteiger partial charge in [-0.3, -0.25) is 4.79 Å². The van der Waals surface area contributed by atoms with Gasteiger partial charge in [-0.05, 0) is 36.7 Å². The molecule has 0 aliphatic carbocycles. The monoisotopic (exact) mass is 206 g/mol. The number of aryl methyl sites for hydroxylation is 1. The SMILES string of the molecule is CC(=O)Nc1ccc2snc(C)c2c1. The standard InChI is InChI=1S/C10H10N2OS/c1-6-9-5-8(11-7(2)13)3-4-10(9)14-12-6/h3-5H,1-2H3,(H,11,13). The number of hydrogen-bond acceptors (Lipinski definition) is 3. The summed E-state index contributed by atoms with van der Waals surface area (Å²) in [6.07, 6.45) is 0. The van der Waals surface area contributed by atoms with Crippen LogP contribution in [0.25, 0.3) is 10.1 Å². The first-order valence-electron chi connectivity index (χ1n) is 4.30. The number of rotatable bonds is 1. The lowest BCUT2D eigenvalue weighted by atomic mass is 10.2. The summed E-state index contributed by atoms with van der Waals surface area (Å²) in [6.45, 7) is 3.47. The molecule has 0 fully saturated rings. The number of carbonyl (C=O) groups is 1. The molecule has 1 N–H and O–H groups in total. The summed E-state index contributed by atoms with van der Waals surface area (Å²) in [5.41, 5.74) is 1.84. The second-order valence-electron chi connectivity index (χ2n) is 3.16. The van der Waals surface area contributed by atoms with Crippen molar-refractivity contribution in [3.05, 3.63) is 23.9 Å². The van der Waals surface area contributed by atoms with Gasteiger partial charge in [0.25, 0.3) is 0 Å². The normalized spacial score (nSPS) is 10.4. The van der Waals surface area contributed by atoms with E-state index in [1.165, 1.54) is 18.5 Å². The molecule has 0 unspecified atom stereocenters. The van der Waals surface area contributed by atoms with Gasteiger partial charge in [-0.15, -0.1) is 0 Å². The van der Waals surface area contributed by atoms with Gasteiger partial charge in [-0.2, -0.15) is 4.37 Å². The number of benzene rings is 1. The molecule has 0 radical (unpaired) electrons. The van der Waals surface area contributed by atoms with Crippen LogP contribution in [0.5, 0.6) is 0 Å². The average molecular weight is 206 g/mol. The maximum Gasteiger partial charge on any atom is 0.221 e. The van der Waals surface area contributed by atoms with Crippen molar-refractivity contribution in [2.45, 2.75) is 13.8 Å². The number of fused-ring (bicyclic) bond motifs is 1. The molecule has 0 aliphatic heterocycles. The summed E-state index contributed by atoms with van der Waals surface area (Å²) in [4.78, 5) is 10.8. The Morgan fingerprint density at radius 3 is 3.00 bits per heavy atom. The fourth-order valence-corrected chi connectivity index (χ4v) is 2.11. The van der Waals surface area contributed by atoms with E-state index in [4.69, 9.17) is 0 Å². The maximum atomic E-state index is 10.8. The predicted molar refractivity (Wildman–Crippen MR) is 58.7 cm³/mol. The fraction of sp³-hybridized carbons (Fsp3) is 0.200. The van der Waals surface area contributed by atoms with Gasteiger partial charge in [-0.25, -0.2) is 0 Å². The highest BCUT2D eigenvalue weighted by molar-refractivity contribution is 7.13. The molecule has 14 heavy (non-hydrogen) atoms. The van der Waals surface area contributed by atoms with Crippen LogP contribution in [0, 0.1) is 6.92 Å². The highest BCUT2D eigenvalue weighted by atomic mass is 32.1. The number of amides is 1. The minimum absolute atomic E-state index is 0.0507. The first-order chi connectivity index (χ1) is 6.66. The number of carbonyl (C=O) groups excluding carboxylic acids is 1. The Balaban J connectivity index is 2.49. The van der Waals surface area contributed by atoms with Crippen LogP contribution in [0.4, 0.5) is 5.69 Å². The van der Waals surface area contributed by atoms with E-state index in [0.29, 0.717) is 0 Å². The van der Waals surface area contributed by atoms with E-state index in [1.807, 2.05) is 25.1 Å². The van der Waals surface area contributed by atoms with Gasteiger partial charge in [0.1, 0.15) is 0 Å². The van der Waals surface area contributed by atoms with Gasteiger partial charge in [0.2, 0.25) is 5.91 Å². The molecule has 0 saturated heterocycles. The maximum absolute atomic E-state index is 10.8. The van der Waals surface area contributed by atoms with Crippen molar-refractivity contribution in [3.63, 3.8) is 0 Å². The first-order valence-corrected chi connectivity index (χ1v) is 5.08. The first kappa shape index (κ1) is 9.15. The summed E-state index contributed by atoms with van der Waals surface area (Å²) < 4.78 is 5.39. The van der Waals surface area contributed by atoms with Crippen LogP contribution in [-0.4, -0.2) is 10.3 Å². The number of hydrogen-bond donors (Lipinski definition) is 1. The van der Waals surface area contributed by atoms with Crippen LogP contribution in [0.15, 0.2) is 18.2 Å². The zero-order chi connectivity index (χ0) is 10.1. The molecule has 2 rings (SSSR count). The molecular weight excluding hydrogens is 196 g/mol. The summed E-state index contributed by atoms with van der Waals surface area (Å²) in [5, 5.41) is 3.86. The van der Waals surface area contributed by atoms with Gasteiger partial charge in [0, 0.05) is 18.0 Å². The number of anilines is 1. The Bertz CT molecular complexity index is 490. The zero-order valence-corrected chi connectivity index (χ0v) is 8.81. The van der Waals surface area contributed by atoms with E-state index in [0.717, 1.165) is 21.5 Å². The molecule has 1 aromatic carbocycles. The number of aromatic nitrogens is 1. The molecule has 3 nitrogen and oxygen atoms in total. The molecule has 4 heteroatoms. The quantitative estimate of drug-likeness (QED) is 0.779. The molecule has 2 aromatic rings. The van der Waals surface area contributed by atoms with E-state index in [-0.39, 0.29) is 5.91 Å². The van der Waals surface area contributed by atoms with Crippen LogP contribution in [-0.2, 0) is 4.79 Å². The Morgan fingerprint density at radius 1 is 1.50 bits per heavy atom. The molecule has 1 aromatic heterocycles. The van der Waals surface area contributed by atoms with Gasteiger partial charge >= 0.3 is 0 Å². The van der Waals surface area contributed by atoms with Gasteiger partial charge in [0.15, 0.2) is 0 Å². The fourth-order valence-electron chi connectivity index (χ4n) is 1.34. The summed E-state index contributed by atoms with van der Waals surface area (Å²) in [6, 6.07) is 5.82. The van der Waals surface area contributed by atoms with Gasteiger partial charge in [-0.1, -0.05) is 0 Å². The Labute approximate surface area is 85.9 Å². The molecule has 0 bridgehead atoms. The van der Waals surface area contributed by atoms with Gasteiger partial charge < -0.3 is 5.32 Å². The number of nitrogens with one attached hydrogen (secondary N) is 1. The smallest absolute Gasteiger partial charge is 0.221 e. The summed E-state index contributed by atoms with van der Waals surface area (Å²) >= 11 is 1.48. The molecule has 1 amide bonds. The van der Waals surface area contributed by atoms with E-state index in [9.17, 15) is 4.79 Å².